The van der Waals surface area contributed by atoms with Crippen molar-refractivity contribution in [3.8, 4) is 0 Å². The molecule has 1 radical (unpaired) electrons. The Morgan fingerprint density at radius 2 is 2.04 bits per heavy atom. The molecule has 4 heteroatoms. The van der Waals surface area contributed by atoms with Gasteiger partial charge in [0.05, 0.1) is 12.0 Å². The number of aryl methyl sites for hydroxylation is 1. The van der Waals surface area contributed by atoms with Gasteiger partial charge < -0.3 is 10.1 Å². The number of benzene rings is 1. The number of hydrogen-bond acceptors (Lipinski definition) is 3. The van der Waals surface area contributed by atoms with Crippen molar-refractivity contribution in [1.29, 1.82) is 0 Å². The summed E-state index contributed by atoms with van der Waals surface area (Å²) in [6, 6.07) is 10.5. The molecule has 0 bridgehead atoms. The zero-order chi connectivity index (χ0) is 19.0. The highest BCUT2D eigenvalue weighted by atomic mass is 32.1. The van der Waals surface area contributed by atoms with Gasteiger partial charge >= 0.3 is 0 Å². The normalized spacial score (nSPS) is 15.2. The van der Waals surface area contributed by atoms with E-state index in [1.54, 1.807) is 6.33 Å². The monoisotopic (exact) mass is 371 g/mol. The summed E-state index contributed by atoms with van der Waals surface area (Å²) in [7, 11) is 0. The van der Waals surface area contributed by atoms with Crippen molar-refractivity contribution in [3.63, 3.8) is 0 Å². The number of H-pyrrole nitrogens is 1. The number of thiocarbonyl (C=S) groups is 1. The number of aliphatic hydroxyl groups is 1. The number of rotatable bonds is 11. The molecule has 2 N–H and O–H groups in total. The van der Waals surface area contributed by atoms with Gasteiger partial charge in [0, 0.05) is 18.7 Å². The first-order valence-corrected chi connectivity index (χ1v) is 9.92. The minimum atomic E-state index is -0.0760. The third-order valence-electron chi connectivity index (χ3n) is 5.63. The molecular formula is C22H31N2OS. The number of aliphatic hydroxyl groups excluding tert-OH is 1. The van der Waals surface area contributed by atoms with E-state index in [-0.39, 0.29) is 12.0 Å². The van der Waals surface area contributed by atoms with E-state index in [0.717, 1.165) is 31.4 Å². The van der Waals surface area contributed by atoms with Gasteiger partial charge in [-0.05, 0) is 53.9 Å². The molecule has 141 valence electrons. The first-order valence-electron chi connectivity index (χ1n) is 9.45. The van der Waals surface area contributed by atoms with Crippen LogP contribution in [0.5, 0.6) is 0 Å². The van der Waals surface area contributed by atoms with Gasteiger partial charge in [-0.1, -0.05) is 63.3 Å². The Labute approximate surface area is 163 Å². The van der Waals surface area contributed by atoms with E-state index < -0.39 is 0 Å². The van der Waals surface area contributed by atoms with Gasteiger partial charge in [-0.2, -0.15) is 0 Å². The van der Waals surface area contributed by atoms with Crippen LogP contribution in [0.25, 0.3) is 0 Å². The predicted octanol–water partition coefficient (Wildman–Crippen LogP) is 4.82. The fraction of sp³-hybridized carbons (Fsp3) is 0.500. The molecular weight excluding hydrogens is 340 g/mol. The molecule has 2 aromatic rings. The van der Waals surface area contributed by atoms with Crippen molar-refractivity contribution in [2.45, 2.75) is 46.5 Å². The standard InChI is InChI=1S/C22H31N2OS/c1-17(2)21(10-12-25)22(3,11-9-20-14-23-16-24-20)19(15-26)13-18-7-5-4-6-8-18/h4-8,14-17,21,25H,9-13H2,1-3H3,(H,23,24). The Hall–Kier alpha value is -1.52. The molecule has 0 aliphatic heterocycles. The molecule has 0 aliphatic rings. The van der Waals surface area contributed by atoms with Crippen molar-refractivity contribution in [2.24, 2.45) is 17.3 Å². The van der Waals surface area contributed by atoms with Gasteiger partial charge in [0.15, 0.2) is 0 Å². The first kappa shape index (κ1) is 20.8. The lowest BCUT2D eigenvalue weighted by molar-refractivity contribution is 0.109. The molecule has 2 atom stereocenters. The van der Waals surface area contributed by atoms with E-state index >= 15 is 0 Å². The smallest absolute Gasteiger partial charge is 0.0923 e. The summed E-state index contributed by atoms with van der Waals surface area (Å²) in [5, 5.41) is 11.6. The Morgan fingerprint density at radius 3 is 2.58 bits per heavy atom. The van der Waals surface area contributed by atoms with Crippen LogP contribution in [0.1, 0.15) is 44.9 Å². The SMILES string of the molecule is CC(C)C(CCO)C(C)(CCc1c[nH]cn1)[C](C=S)Cc1ccccc1. The number of aromatic nitrogens is 2. The van der Waals surface area contributed by atoms with Crippen molar-refractivity contribution in [1.82, 2.24) is 9.97 Å². The maximum atomic E-state index is 9.68. The summed E-state index contributed by atoms with van der Waals surface area (Å²) < 4.78 is 0. The summed E-state index contributed by atoms with van der Waals surface area (Å²) in [6.45, 7) is 7.02. The average molecular weight is 372 g/mol. The number of nitrogens with one attached hydrogen (secondary N) is 1. The lowest BCUT2D eigenvalue weighted by Crippen LogP contribution is -2.39. The van der Waals surface area contributed by atoms with E-state index in [1.165, 1.54) is 11.5 Å². The topological polar surface area (TPSA) is 48.9 Å². The van der Waals surface area contributed by atoms with Crippen LogP contribution < -0.4 is 0 Å². The molecule has 1 heterocycles. The van der Waals surface area contributed by atoms with Crippen LogP contribution in [-0.4, -0.2) is 27.0 Å². The lowest BCUT2D eigenvalue weighted by Gasteiger charge is -2.44. The minimum Gasteiger partial charge on any atom is -0.396 e. The summed E-state index contributed by atoms with van der Waals surface area (Å²) in [5.74, 6) is 2.11. The molecule has 2 rings (SSSR count). The van der Waals surface area contributed by atoms with Gasteiger partial charge in [0.1, 0.15) is 0 Å². The molecule has 2 unspecified atom stereocenters. The van der Waals surface area contributed by atoms with Gasteiger partial charge in [-0.25, -0.2) is 4.98 Å². The highest BCUT2D eigenvalue weighted by Gasteiger charge is 2.41. The molecule has 0 amide bonds. The van der Waals surface area contributed by atoms with Crippen molar-refractivity contribution in [3.05, 3.63) is 60.0 Å². The van der Waals surface area contributed by atoms with Crippen LogP contribution in [0.4, 0.5) is 0 Å². The molecule has 0 saturated heterocycles. The van der Waals surface area contributed by atoms with E-state index in [2.05, 4.69) is 55.0 Å². The second kappa shape index (κ2) is 9.98. The van der Waals surface area contributed by atoms with Crippen LogP contribution >= 0.6 is 12.2 Å². The highest BCUT2D eigenvalue weighted by Crippen LogP contribution is 2.47. The number of hydrogen-bond donors (Lipinski definition) is 2. The second-order valence-electron chi connectivity index (χ2n) is 7.65. The van der Waals surface area contributed by atoms with Gasteiger partial charge in [-0.15, -0.1) is 0 Å². The Kier molecular flexibility index (Phi) is 7.98. The molecule has 3 nitrogen and oxygen atoms in total. The second-order valence-corrected chi connectivity index (χ2v) is 7.88. The van der Waals surface area contributed by atoms with E-state index in [9.17, 15) is 5.11 Å². The van der Waals surface area contributed by atoms with Crippen LogP contribution in [0.15, 0.2) is 42.9 Å². The van der Waals surface area contributed by atoms with E-state index in [1.807, 2.05) is 17.6 Å². The average Bonchev–Trinajstić information content (AvgIpc) is 3.16. The van der Waals surface area contributed by atoms with Crippen LogP contribution in [-0.2, 0) is 12.8 Å². The van der Waals surface area contributed by atoms with Crippen molar-refractivity contribution in [2.75, 3.05) is 6.61 Å². The third-order valence-corrected chi connectivity index (χ3v) is 5.92. The van der Waals surface area contributed by atoms with Crippen molar-refractivity contribution >= 4 is 17.6 Å². The van der Waals surface area contributed by atoms with Gasteiger partial charge in [0.25, 0.3) is 0 Å². The summed E-state index contributed by atoms with van der Waals surface area (Å²) in [6.07, 6.45) is 7.21. The Balaban J connectivity index is 2.30. The maximum absolute atomic E-state index is 9.68. The zero-order valence-corrected chi connectivity index (χ0v) is 16.9. The molecule has 0 aliphatic carbocycles. The fourth-order valence-corrected chi connectivity index (χ4v) is 4.47. The summed E-state index contributed by atoms with van der Waals surface area (Å²) in [4.78, 5) is 7.43. The number of nitrogens with zero attached hydrogens (tertiary/aromatic N) is 1. The summed E-state index contributed by atoms with van der Waals surface area (Å²) >= 11 is 5.48. The van der Waals surface area contributed by atoms with Crippen molar-refractivity contribution < 1.29 is 5.11 Å². The number of aromatic amines is 1. The van der Waals surface area contributed by atoms with E-state index in [0.29, 0.717) is 11.8 Å². The largest absolute Gasteiger partial charge is 0.396 e. The predicted molar refractivity (Wildman–Crippen MR) is 112 cm³/mol. The Morgan fingerprint density at radius 1 is 1.31 bits per heavy atom. The zero-order valence-electron chi connectivity index (χ0n) is 16.1. The molecule has 26 heavy (non-hydrogen) atoms. The van der Waals surface area contributed by atoms with Crippen LogP contribution in [0.3, 0.4) is 0 Å². The van der Waals surface area contributed by atoms with Crippen LogP contribution in [0.2, 0.25) is 0 Å². The fourth-order valence-electron chi connectivity index (χ4n) is 4.12. The molecule has 0 spiro atoms. The van der Waals surface area contributed by atoms with Crippen LogP contribution in [0, 0.1) is 23.2 Å². The minimum absolute atomic E-state index is 0.0760. The molecule has 1 aromatic heterocycles. The molecule has 1 aromatic carbocycles. The van der Waals surface area contributed by atoms with E-state index in [4.69, 9.17) is 12.2 Å². The quantitative estimate of drug-likeness (QED) is 0.557. The molecule has 0 saturated carbocycles. The lowest BCUT2D eigenvalue weighted by atomic mass is 9.60. The Bertz CT molecular complexity index is 641. The number of imidazole rings is 1. The van der Waals surface area contributed by atoms with Gasteiger partial charge in [0.2, 0.25) is 0 Å². The summed E-state index contributed by atoms with van der Waals surface area (Å²) in [5.41, 5.74) is 2.28. The highest BCUT2D eigenvalue weighted by molar-refractivity contribution is 7.79. The van der Waals surface area contributed by atoms with Gasteiger partial charge in [-0.3, -0.25) is 0 Å². The maximum Gasteiger partial charge on any atom is 0.0923 e. The third kappa shape index (κ3) is 5.24. The molecule has 0 fully saturated rings. The first-order chi connectivity index (χ1) is 12.5.